The molecule has 23 heavy (non-hydrogen) atoms. The van der Waals surface area contributed by atoms with Crippen molar-refractivity contribution in [3.63, 3.8) is 0 Å². The molecular formula is C15H15F2N3O3. The summed E-state index contributed by atoms with van der Waals surface area (Å²) in [6.07, 6.45) is 0. The highest BCUT2D eigenvalue weighted by atomic mass is 19.1. The Labute approximate surface area is 131 Å². The summed E-state index contributed by atoms with van der Waals surface area (Å²) in [6.45, 7) is 1.90. The number of carbonyl (C=O) groups excluding carboxylic acids is 3. The lowest BCUT2D eigenvalue weighted by Crippen LogP contribution is -2.69. The summed E-state index contributed by atoms with van der Waals surface area (Å²) in [5.41, 5.74) is -0.380. The van der Waals surface area contributed by atoms with Crippen LogP contribution in [-0.2, 0) is 9.59 Å². The number of halogens is 2. The van der Waals surface area contributed by atoms with Crippen molar-refractivity contribution in [1.29, 1.82) is 0 Å². The van der Waals surface area contributed by atoms with E-state index in [4.69, 9.17) is 0 Å². The van der Waals surface area contributed by atoms with Crippen molar-refractivity contribution < 1.29 is 23.2 Å². The van der Waals surface area contributed by atoms with Crippen LogP contribution in [0.1, 0.15) is 17.3 Å². The molecule has 3 rings (SSSR count). The number of benzene rings is 1. The average molecular weight is 323 g/mol. The summed E-state index contributed by atoms with van der Waals surface area (Å²) in [5.74, 6) is -2.79. The van der Waals surface area contributed by atoms with E-state index in [1.54, 1.807) is 6.92 Å². The van der Waals surface area contributed by atoms with Crippen molar-refractivity contribution in [1.82, 2.24) is 15.1 Å². The second kappa shape index (κ2) is 5.60. The van der Waals surface area contributed by atoms with Gasteiger partial charge in [0.25, 0.3) is 5.91 Å². The summed E-state index contributed by atoms with van der Waals surface area (Å²) < 4.78 is 27.0. The first-order valence-corrected chi connectivity index (χ1v) is 7.23. The number of carbonyl (C=O) groups is 3. The van der Waals surface area contributed by atoms with Gasteiger partial charge in [0.2, 0.25) is 11.8 Å². The molecule has 6 nitrogen and oxygen atoms in total. The Bertz CT molecular complexity index is 695. The first kappa shape index (κ1) is 15.4. The van der Waals surface area contributed by atoms with Crippen LogP contribution >= 0.6 is 0 Å². The van der Waals surface area contributed by atoms with Crippen LogP contribution in [0.15, 0.2) is 18.2 Å². The predicted molar refractivity (Wildman–Crippen MR) is 75.4 cm³/mol. The molecule has 0 spiro atoms. The molecule has 2 aliphatic rings. The van der Waals surface area contributed by atoms with Gasteiger partial charge in [0, 0.05) is 13.1 Å². The molecule has 0 unspecified atom stereocenters. The molecule has 0 radical (unpaired) electrons. The molecule has 1 N–H and O–H groups in total. The average Bonchev–Trinajstić information content (AvgIpc) is 2.54. The van der Waals surface area contributed by atoms with E-state index in [1.807, 2.05) is 0 Å². The monoisotopic (exact) mass is 323 g/mol. The summed E-state index contributed by atoms with van der Waals surface area (Å²) in [4.78, 5) is 39.2. The fourth-order valence-electron chi connectivity index (χ4n) is 2.91. The minimum atomic E-state index is -0.823. The standard InChI is InChI=1S/C15H15F2N3O3/c1-8-14(22)20-5-4-19(7-12(20)13(21)18-8)15(23)10-6-9(16)2-3-11(10)17/h2-3,6,8,12H,4-5,7H2,1H3,(H,18,21)/t8-,12+/m0/s1. The van der Waals surface area contributed by atoms with Crippen LogP contribution in [0.3, 0.4) is 0 Å². The smallest absolute Gasteiger partial charge is 0.257 e. The van der Waals surface area contributed by atoms with Crippen LogP contribution in [0, 0.1) is 11.6 Å². The number of rotatable bonds is 1. The maximum absolute atomic E-state index is 13.7. The van der Waals surface area contributed by atoms with Gasteiger partial charge in [0.05, 0.1) is 12.1 Å². The fraction of sp³-hybridized carbons (Fsp3) is 0.400. The van der Waals surface area contributed by atoms with Gasteiger partial charge in [-0.25, -0.2) is 8.78 Å². The van der Waals surface area contributed by atoms with Crippen LogP contribution < -0.4 is 5.32 Å². The number of fused-ring (bicyclic) bond motifs is 1. The third-order valence-electron chi connectivity index (χ3n) is 4.14. The van der Waals surface area contributed by atoms with Crippen LogP contribution in [0.25, 0.3) is 0 Å². The zero-order chi connectivity index (χ0) is 16.7. The molecule has 8 heteroatoms. The summed E-state index contributed by atoms with van der Waals surface area (Å²) in [6, 6.07) is 1.25. The van der Waals surface area contributed by atoms with Crippen molar-refractivity contribution in [2.75, 3.05) is 19.6 Å². The highest BCUT2D eigenvalue weighted by molar-refractivity contribution is 5.99. The maximum Gasteiger partial charge on any atom is 0.257 e. The molecule has 2 saturated heterocycles. The minimum Gasteiger partial charge on any atom is -0.343 e. The topological polar surface area (TPSA) is 69.7 Å². The van der Waals surface area contributed by atoms with Crippen molar-refractivity contribution in [2.24, 2.45) is 0 Å². The second-order valence-corrected chi connectivity index (χ2v) is 5.65. The van der Waals surface area contributed by atoms with Crippen LogP contribution in [0.5, 0.6) is 0 Å². The molecule has 2 aliphatic heterocycles. The molecule has 1 aromatic rings. The molecule has 1 aromatic carbocycles. The van der Waals surface area contributed by atoms with Crippen molar-refractivity contribution in [3.8, 4) is 0 Å². The molecule has 0 bridgehead atoms. The van der Waals surface area contributed by atoms with Gasteiger partial charge in [-0.1, -0.05) is 0 Å². The van der Waals surface area contributed by atoms with Gasteiger partial charge in [0.15, 0.2) is 0 Å². The lowest BCUT2D eigenvalue weighted by Gasteiger charge is -2.44. The number of hydrogen-bond donors (Lipinski definition) is 1. The minimum absolute atomic E-state index is 0.0426. The van der Waals surface area contributed by atoms with Gasteiger partial charge in [0.1, 0.15) is 23.7 Å². The number of nitrogens with one attached hydrogen (secondary N) is 1. The Hall–Kier alpha value is -2.51. The predicted octanol–water partition coefficient (Wildman–Crippen LogP) is 0.136. The summed E-state index contributed by atoms with van der Waals surface area (Å²) in [7, 11) is 0. The zero-order valence-electron chi connectivity index (χ0n) is 12.4. The van der Waals surface area contributed by atoms with E-state index in [0.29, 0.717) is 0 Å². The van der Waals surface area contributed by atoms with Crippen molar-refractivity contribution >= 4 is 17.7 Å². The molecule has 2 heterocycles. The zero-order valence-corrected chi connectivity index (χ0v) is 12.4. The van der Waals surface area contributed by atoms with Crippen LogP contribution in [0.4, 0.5) is 8.78 Å². The van der Waals surface area contributed by atoms with E-state index in [9.17, 15) is 23.2 Å². The fourth-order valence-corrected chi connectivity index (χ4v) is 2.91. The number of nitrogens with zero attached hydrogens (tertiary/aromatic N) is 2. The second-order valence-electron chi connectivity index (χ2n) is 5.65. The molecular weight excluding hydrogens is 308 g/mol. The van der Waals surface area contributed by atoms with Crippen LogP contribution in [-0.4, -0.2) is 59.2 Å². The van der Waals surface area contributed by atoms with E-state index in [1.165, 1.54) is 9.80 Å². The maximum atomic E-state index is 13.7. The highest BCUT2D eigenvalue weighted by Gasteiger charge is 2.43. The van der Waals surface area contributed by atoms with Crippen LogP contribution in [0.2, 0.25) is 0 Å². The molecule has 122 valence electrons. The highest BCUT2D eigenvalue weighted by Crippen LogP contribution is 2.19. The van der Waals surface area contributed by atoms with E-state index in [0.717, 1.165) is 18.2 Å². The van der Waals surface area contributed by atoms with Gasteiger partial charge in [-0.05, 0) is 25.1 Å². The third-order valence-corrected chi connectivity index (χ3v) is 4.14. The number of amides is 3. The van der Waals surface area contributed by atoms with Gasteiger partial charge < -0.3 is 15.1 Å². The number of hydrogen-bond acceptors (Lipinski definition) is 3. The lowest BCUT2D eigenvalue weighted by molar-refractivity contribution is -0.151. The quantitative estimate of drug-likeness (QED) is 0.799. The first-order chi connectivity index (χ1) is 10.9. The van der Waals surface area contributed by atoms with E-state index in [2.05, 4.69) is 5.32 Å². The normalized spacial score (nSPS) is 24.3. The Balaban J connectivity index is 1.81. The third kappa shape index (κ3) is 2.64. The first-order valence-electron chi connectivity index (χ1n) is 7.23. The van der Waals surface area contributed by atoms with E-state index < -0.39 is 29.6 Å². The van der Waals surface area contributed by atoms with E-state index >= 15 is 0 Å². The molecule has 0 aliphatic carbocycles. The molecule has 2 atom stereocenters. The SMILES string of the molecule is C[C@@H]1NC(=O)[C@H]2CN(C(=O)c3cc(F)ccc3F)CCN2C1=O. The Morgan fingerprint density at radius 3 is 2.74 bits per heavy atom. The Morgan fingerprint density at radius 2 is 2.00 bits per heavy atom. The van der Waals surface area contributed by atoms with Crippen molar-refractivity contribution in [2.45, 2.75) is 19.0 Å². The van der Waals surface area contributed by atoms with Gasteiger partial charge in [-0.3, -0.25) is 14.4 Å². The molecule has 2 fully saturated rings. The summed E-state index contributed by atoms with van der Waals surface area (Å²) in [5, 5.41) is 2.55. The summed E-state index contributed by atoms with van der Waals surface area (Å²) >= 11 is 0. The van der Waals surface area contributed by atoms with Gasteiger partial charge in [-0.15, -0.1) is 0 Å². The Morgan fingerprint density at radius 1 is 1.26 bits per heavy atom. The molecule has 0 saturated carbocycles. The molecule has 3 amide bonds. The molecule has 0 aromatic heterocycles. The van der Waals surface area contributed by atoms with E-state index in [-0.39, 0.29) is 37.0 Å². The van der Waals surface area contributed by atoms with Gasteiger partial charge >= 0.3 is 0 Å². The Kier molecular flexibility index (Phi) is 3.75. The van der Waals surface area contributed by atoms with Crippen molar-refractivity contribution in [3.05, 3.63) is 35.4 Å². The van der Waals surface area contributed by atoms with Gasteiger partial charge in [-0.2, -0.15) is 0 Å². The largest absolute Gasteiger partial charge is 0.343 e. The lowest BCUT2D eigenvalue weighted by atomic mass is 10.0. The number of piperazine rings is 2.